The van der Waals surface area contributed by atoms with Crippen LogP contribution in [0.1, 0.15) is 38.8 Å². The molecule has 0 bridgehead atoms. The highest BCUT2D eigenvalue weighted by atomic mass is 32.1. The first-order valence-electron chi connectivity index (χ1n) is 8.81. The van der Waals surface area contributed by atoms with Crippen molar-refractivity contribution in [3.63, 3.8) is 0 Å². The maximum atomic E-state index is 13.2. The molecule has 1 atom stereocenters. The third-order valence-electron chi connectivity index (χ3n) is 4.72. The smallest absolute Gasteiger partial charge is 0.274 e. The molecule has 1 unspecified atom stereocenters. The van der Waals surface area contributed by atoms with Crippen LogP contribution >= 0.6 is 11.3 Å². The predicted molar refractivity (Wildman–Crippen MR) is 109 cm³/mol. The number of carbonyl (C=O) groups is 1. The molecule has 5 heteroatoms. The maximum Gasteiger partial charge on any atom is 0.274 e. The summed E-state index contributed by atoms with van der Waals surface area (Å²) in [6, 6.07) is 19.4. The first-order chi connectivity index (χ1) is 13.2. The third-order valence-corrected chi connectivity index (χ3v) is 5.64. The number of ether oxygens (including phenoxy) is 1. The highest BCUT2D eigenvalue weighted by Gasteiger charge is 2.34. The van der Waals surface area contributed by atoms with Crippen LogP contribution in [0.25, 0.3) is 0 Å². The lowest BCUT2D eigenvalue weighted by molar-refractivity contribution is 0.0711. The molecular formula is C22H20N2O2S. The number of nitrogens with zero attached hydrogens (tertiary/aromatic N) is 2. The summed E-state index contributed by atoms with van der Waals surface area (Å²) in [4.78, 5) is 14.3. The van der Waals surface area contributed by atoms with Crippen LogP contribution in [0.5, 0.6) is 5.75 Å². The molecule has 0 radical (unpaired) electrons. The van der Waals surface area contributed by atoms with Crippen LogP contribution in [0.4, 0.5) is 0 Å². The predicted octanol–water partition coefficient (Wildman–Crippen LogP) is 5.06. The highest BCUT2D eigenvalue weighted by Crippen LogP contribution is 2.35. The molecule has 0 saturated heterocycles. The fourth-order valence-corrected chi connectivity index (χ4v) is 3.92. The van der Waals surface area contributed by atoms with Crippen molar-refractivity contribution in [2.45, 2.75) is 19.4 Å². The van der Waals surface area contributed by atoms with Crippen LogP contribution in [-0.4, -0.2) is 23.7 Å². The Balaban J connectivity index is 1.70. The van der Waals surface area contributed by atoms with Crippen LogP contribution in [0.2, 0.25) is 0 Å². The molecule has 1 aliphatic heterocycles. The Kier molecular flexibility index (Phi) is 4.77. The largest absolute Gasteiger partial charge is 0.497 e. The molecule has 0 aliphatic carbocycles. The van der Waals surface area contributed by atoms with Crippen LogP contribution in [0, 0.1) is 6.92 Å². The molecule has 0 saturated carbocycles. The number of rotatable bonds is 4. The molecule has 0 N–H and O–H groups in total. The number of thiophene rings is 1. The molecule has 1 aromatic heterocycles. The van der Waals surface area contributed by atoms with Crippen molar-refractivity contribution in [3.05, 3.63) is 87.6 Å². The van der Waals surface area contributed by atoms with E-state index in [2.05, 4.69) is 6.07 Å². The van der Waals surface area contributed by atoms with Crippen molar-refractivity contribution in [1.29, 1.82) is 0 Å². The highest BCUT2D eigenvalue weighted by molar-refractivity contribution is 7.12. The van der Waals surface area contributed by atoms with Gasteiger partial charge in [-0.15, -0.1) is 11.3 Å². The molecule has 1 aliphatic rings. The molecule has 0 fully saturated rings. The van der Waals surface area contributed by atoms with Gasteiger partial charge in [0.1, 0.15) is 5.75 Å². The van der Waals surface area contributed by atoms with E-state index in [0.29, 0.717) is 12.0 Å². The van der Waals surface area contributed by atoms with E-state index in [4.69, 9.17) is 9.84 Å². The van der Waals surface area contributed by atoms with Gasteiger partial charge in [0.2, 0.25) is 0 Å². The van der Waals surface area contributed by atoms with Crippen LogP contribution < -0.4 is 4.74 Å². The van der Waals surface area contributed by atoms with E-state index in [1.165, 1.54) is 0 Å². The summed E-state index contributed by atoms with van der Waals surface area (Å²) in [6.07, 6.45) is 0.699. The van der Waals surface area contributed by atoms with Crippen molar-refractivity contribution in [2.24, 2.45) is 5.10 Å². The number of hydrazone groups is 1. The Morgan fingerprint density at radius 3 is 2.48 bits per heavy atom. The molecule has 2 heterocycles. The minimum Gasteiger partial charge on any atom is -0.497 e. The van der Waals surface area contributed by atoms with Crippen LogP contribution in [0.3, 0.4) is 0 Å². The van der Waals surface area contributed by atoms with Gasteiger partial charge in [-0.3, -0.25) is 4.79 Å². The van der Waals surface area contributed by atoms with E-state index in [9.17, 15) is 4.79 Å². The molecule has 4 nitrogen and oxygen atoms in total. The Labute approximate surface area is 162 Å². The van der Waals surface area contributed by atoms with Gasteiger partial charge in [0.05, 0.1) is 23.7 Å². The van der Waals surface area contributed by atoms with Gasteiger partial charge in [0.15, 0.2) is 0 Å². The van der Waals surface area contributed by atoms with Crippen molar-refractivity contribution in [3.8, 4) is 5.75 Å². The van der Waals surface area contributed by atoms with Gasteiger partial charge < -0.3 is 4.74 Å². The summed E-state index contributed by atoms with van der Waals surface area (Å²) in [5, 5.41) is 8.37. The Bertz CT molecular complexity index is 961. The minimum atomic E-state index is -0.123. The Hall–Kier alpha value is -2.92. The lowest BCUT2D eigenvalue weighted by Gasteiger charge is -2.22. The fraction of sp³-hybridized carbons (Fsp3) is 0.182. The first-order valence-corrected chi connectivity index (χ1v) is 9.69. The molecule has 1 amide bonds. The molecular weight excluding hydrogens is 356 g/mol. The summed E-state index contributed by atoms with van der Waals surface area (Å²) >= 11 is 1.65. The van der Waals surface area contributed by atoms with Gasteiger partial charge in [0, 0.05) is 12.0 Å². The zero-order valence-electron chi connectivity index (χ0n) is 15.3. The first kappa shape index (κ1) is 17.5. The summed E-state index contributed by atoms with van der Waals surface area (Å²) in [5.41, 5.74) is 3.77. The van der Waals surface area contributed by atoms with Gasteiger partial charge in [-0.25, -0.2) is 5.01 Å². The zero-order valence-corrected chi connectivity index (χ0v) is 16.1. The van der Waals surface area contributed by atoms with Crippen molar-refractivity contribution >= 4 is 23.0 Å². The summed E-state index contributed by atoms with van der Waals surface area (Å²) < 4.78 is 5.26. The quantitative estimate of drug-likeness (QED) is 0.639. The molecule has 2 aromatic carbocycles. The second-order valence-corrected chi connectivity index (χ2v) is 7.48. The lowest BCUT2D eigenvalue weighted by atomic mass is 10.0. The Morgan fingerprint density at radius 2 is 1.85 bits per heavy atom. The monoisotopic (exact) mass is 376 g/mol. The maximum absolute atomic E-state index is 13.2. The number of hydrogen-bond acceptors (Lipinski definition) is 4. The van der Waals surface area contributed by atoms with E-state index in [1.54, 1.807) is 23.5 Å². The van der Waals surface area contributed by atoms with Crippen molar-refractivity contribution in [2.75, 3.05) is 7.11 Å². The van der Waals surface area contributed by atoms with Crippen molar-refractivity contribution in [1.82, 2.24) is 5.01 Å². The second kappa shape index (κ2) is 7.37. The number of amides is 1. The molecule has 3 aromatic rings. The van der Waals surface area contributed by atoms with Crippen LogP contribution in [-0.2, 0) is 0 Å². The van der Waals surface area contributed by atoms with Gasteiger partial charge in [-0.05, 0) is 48.2 Å². The van der Waals surface area contributed by atoms with Gasteiger partial charge in [0.25, 0.3) is 5.91 Å². The number of carbonyl (C=O) groups excluding carboxylic acids is 1. The second-order valence-electron chi connectivity index (χ2n) is 6.53. The lowest BCUT2D eigenvalue weighted by Crippen LogP contribution is -2.27. The minimum absolute atomic E-state index is 0.0811. The van der Waals surface area contributed by atoms with E-state index >= 15 is 0 Å². The van der Waals surface area contributed by atoms with E-state index < -0.39 is 0 Å². The van der Waals surface area contributed by atoms with Crippen molar-refractivity contribution < 1.29 is 9.53 Å². The number of aryl methyl sites for hydroxylation is 1. The van der Waals surface area contributed by atoms with E-state index in [-0.39, 0.29) is 11.9 Å². The van der Waals surface area contributed by atoms with Gasteiger partial charge in [-0.1, -0.05) is 35.9 Å². The molecule has 136 valence electrons. The average Bonchev–Trinajstić information content (AvgIpc) is 3.38. The standard InChI is InChI=1S/C22H20N2O2S/c1-15-5-7-17(8-6-15)22(25)24-20(16-9-11-18(26-2)12-10-16)14-19(23-24)21-4-3-13-27-21/h3-13,20H,14H2,1-2H3. The number of hydrogen-bond donors (Lipinski definition) is 0. The van der Waals surface area contributed by atoms with Gasteiger partial charge in [-0.2, -0.15) is 5.10 Å². The van der Waals surface area contributed by atoms with Crippen LogP contribution in [0.15, 0.2) is 71.1 Å². The average molecular weight is 376 g/mol. The SMILES string of the molecule is COc1ccc(C2CC(c3cccs3)=NN2C(=O)c2ccc(C)cc2)cc1. The molecule has 27 heavy (non-hydrogen) atoms. The summed E-state index contributed by atoms with van der Waals surface area (Å²) in [5.74, 6) is 0.718. The number of methoxy groups -OCH3 is 1. The summed E-state index contributed by atoms with van der Waals surface area (Å²) in [7, 11) is 1.65. The zero-order chi connectivity index (χ0) is 18.8. The molecule has 4 rings (SSSR count). The molecule has 0 spiro atoms. The third kappa shape index (κ3) is 3.51. The topological polar surface area (TPSA) is 41.9 Å². The summed E-state index contributed by atoms with van der Waals surface area (Å²) in [6.45, 7) is 2.01. The fourth-order valence-electron chi connectivity index (χ4n) is 3.20. The van der Waals surface area contributed by atoms with Gasteiger partial charge >= 0.3 is 0 Å². The Morgan fingerprint density at radius 1 is 1.11 bits per heavy atom. The van der Waals surface area contributed by atoms with E-state index in [1.807, 2.05) is 66.9 Å². The normalized spacial score (nSPS) is 16.3. The number of benzene rings is 2. The van der Waals surface area contributed by atoms with E-state index in [0.717, 1.165) is 27.5 Å².